The lowest BCUT2D eigenvalue weighted by molar-refractivity contribution is 0.642. The van der Waals surface area contributed by atoms with Gasteiger partial charge in [0.1, 0.15) is 0 Å². The second kappa shape index (κ2) is 8.67. The van der Waals surface area contributed by atoms with Gasteiger partial charge in [0.25, 0.3) is 0 Å². The van der Waals surface area contributed by atoms with E-state index in [0.717, 1.165) is 23.8 Å². The highest BCUT2D eigenvalue weighted by Crippen LogP contribution is 2.16. The maximum absolute atomic E-state index is 4.61. The summed E-state index contributed by atoms with van der Waals surface area (Å²) in [7, 11) is 1.79. The van der Waals surface area contributed by atoms with Gasteiger partial charge in [-0.2, -0.15) is 5.10 Å². The minimum Gasteiger partial charge on any atom is -0.354 e. The van der Waals surface area contributed by atoms with E-state index in [1.165, 1.54) is 9.75 Å². The van der Waals surface area contributed by atoms with Gasteiger partial charge in [-0.25, -0.2) is 4.68 Å². The van der Waals surface area contributed by atoms with Crippen molar-refractivity contribution in [2.75, 3.05) is 7.05 Å². The van der Waals surface area contributed by atoms with Gasteiger partial charge >= 0.3 is 0 Å². The fourth-order valence-electron chi connectivity index (χ4n) is 2.73. The number of hydrogen-bond donors (Lipinski definition) is 2. The van der Waals surface area contributed by atoms with Gasteiger partial charge < -0.3 is 10.6 Å². The SMILES string of the molecule is CN=C(NCc1ccn(-c2ccccc2)n1)NC(C)Cc1ccc(C)s1. The molecule has 5 nitrogen and oxygen atoms in total. The van der Waals surface area contributed by atoms with Gasteiger partial charge in [-0.15, -0.1) is 11.3 Å². The first kappa shape index (κ1) is 18.2. The molecule has 0 spiro atoms. The Labute approximate surface area is 158 Å². The highest BCUT2D eigenvalue weighted by atomic mass is 32.1. The van der Waals surface area contributed by atoms with Crippen LogP contribution in [-0.4, -0.2) is 28.8 Å². The zero-order valence-electron chi connectivity index (χ0n) is 15.4. The third-order valence-corrected chi connectivity index (χ3v) is 5.04. The van der Waals surface area contributed by atoms with Crippen LogP contribution in [-0.2, 0) is 13.0 Å². The van der Waals surface area contributed by atoms with Crippen LogP contribution in [0.5, 0.6) is 0 Å². The summed E-state index contributed by atoms with van der Waals surface area (Å²) in [5.74, 6) is 0.792. The van der Waals surface area contributed by atoms with Gasteiger partial charge in [0.05, 0.1) is 17.9 Å². The molecular formula is C20H25N5S. The third kappa shape index (κ3) is 4.95. The average Bonchev–Trinajstić information content (AvgIpc) is 3.28. The van der Waals surface area contributed by atoms with Crippen LogP contribution >= 0.6 is 11.3 Å². The van der Waals surface area contributed by atoms with Crippen LogP contribution in [0.4, 0.5) is 0 Å². The molecule has 2 heterocycles. The predicted molar refractivity (Wildman–Crippen MR) is 109 cm³/mol. The summed E-state index contributed by atoms with van der Waals surface area (Å²) in [5.41, 5.74) is 2.03. The average molecular weight is 368 g/mol. The molecule has 3 aromatic rings. The number of aromatic nitrogens is 2. The lowest BCUT2D eigenvalue weighted by atomic mass is 10.2. The number of nitrogens with zero attached hydrogens (tertiary/aromatic N) is 3. The molecule has 6 heteroatoms. The van der Waals surface area contributed by atoms with E-state index in [1.807, 2.05) is 58.6 Å². The maximum atomic E-state index is 4.61. The molecule has 0 saturated heterocycles. The molecule has 0 aliphatic heterocycles. The smallest absolute Gasteiger partial charge is 0.191 e. The Balaban J connectivity index is 1.52. The van der Waals surface area contributed by atoms with E-state index in [0.29, 0.717) is 12.6 Å². The third-order valence-electron chi connectivity index (χ3n) is 4.01. The molecular weight excluding hydrogens is 342 g/mol. The van der Waals surface area contributed by atoms with Crippen LogP contribution in [0.2, 0.25) is 0 Å². The van der Waals surface area contributed by atoms with Crippen LogP contribution in [0.3, 0.4) is 0 Å². The van der Waals surface area contributed by atoms with E-state index < -0.39 is 0 Å². The van der Waals surface area contributed by atoms with E-state index in [4.69, 9.17) is 0 Å². The Bertz CT molecular complexity index is 850. The van der Waals surface area contributed by atoms with Crippen LogP contribution in [0.15, 0.2) is 59.7 Å². The van der Waals surface area contributed by atoms with E-state index in [-0.39, 0.29) is 0 Å². The molecule has 0 bridgehead atoms. The number of hydrogen-bond acceptors (Lipinski definition) is 3. The lowest BCUT2D eigenvalue weighted by Gasteiger charge is -2.17. The second-order valence-corrected chi connectivity index (χ2v) is 7.65. The van der Waals surface area contributed by atoms with Crippen molar-refractivity contribution in [2.24, 2.45) is 4.99 Å². The fourth-order valence-corrected chi connectivity index (χ4v) is 3.75. The second-order valence-electron chi connectivity index (χ2n) is 6.27. The van der Waals surface area contributed by atoms with Crippen molar-refractivity contribution in [3.05, 3.63) is 70.2 Å². The molecule has 0 aliphatic carbocycles. The van der Waals surface area contributed by atoms with E-state index in [1.54, 1.807) is 7.05 Å². The maximum Gasteiger partial charge on any atom is 0.191 e. The van der Waals surface area contributed by atoms with Gasteiger partial charge in [-0.05, 0) is 44.2 Å². The number of rotatable bonds is 6. The van der Waals surface area contributed by atoms with Gasteiger partial charge in [0, 0.05) is 35.5 Å². The highest BCUT2D eigenvalue weighted by molar-refractivity contribution is 7.11. The quantitative estimate of drug-likeness (QED) is 0.518. The van der Waals surface area contributed by atoms with Crippen molar-refractivity contribution in [3.63, 3.8) is 0 Å². The summed E-state index contributed by atoms with van der Waals surface area (Å²) in [5, 5.41) is 11.4. The Morgan fingerprint density at radius 1 is 1.19 bits per heavy atom. The minimum atomic E-state index is 0.307. The van der Waals surface area contributed by atoms with Gasteiger partial charge in [-0.1, -0.05) is 18.2 Å². The number of aryl methyl sites for hydroxylation is 1. The molecule has 2 aromatic heterocycles. The van der Waals surface area contributed by atoms with Gasteiger partial charge in [-0.3, -0.25) is 4.99 Å². The molecule has 136 valence electrons. The first-order valence-electron chi connectivity index (χ1n) is 8.76. The molecule has 1 aromatic carbocycles. The number of aliphatic imine (C=N–C) groups is 1. The Morgan fingerprint density at radius 2 is 2.00 bits per heavy atom. The molecule has 0 aliphatic rings. The molecule has 0 saturated carbocycles. The largest absolute Gasteiger partial charge is 0.354 e. The number of para-hydroxylation sites is 1. The molecule has 0 fully saturated rings. The zero-order valence-corrected chi connectivity index (χ0v) is 16.3. The topological polar surface area (TPSA) is 54.2 Å². The highest BCUT2D eigenvalue weighted by Gasteiger charge is 2.08. The van der Waals surface area contributed by atoms with Crippen molar-refractivity contribution < 1.29 is 0 Å². The van der Waals surface area contributed by atoms with Crippen molar-refractivity contribution >= 4 is 17.3 Å². The van der Waals surface area contributed by atoms with Crippen molar-refractivity contribution in [1.82, 2.24) is 20.4 Å². The zero-order chi connectivity index (χ0) is 18.4. The first-order chi connectivity index (χ1) is 12.6. The van der Waals surface area contributed by atoms with E-state index in [2.05, 4.69) is 46.7 Å². The minimum absolute atomic E-state index is 0.307. The summed E-state index contributed by atoms with van der Waals surface area (Å²) in [6.45, 7) is 4.94. The van der Waals surface area contributed by atoms with Crippen LogP contribution in [0.25, 0.3) is 5.69 Å². The predicted octanol–water partition coefficient (Wildman–Crippen LogP) is 3.54. The molecule has 2 N–H and O–H groups in total. The van der Waals surface area contributed by atoms with Crippen LogP contribution < -0.4 is 10.6 Å². The summed E-state index contributed by atoms with van der Waals surface area (Å²) in [6, 6.07) is 16.8. The number of guanidine groups is 1. The Morgan fingerprint density at radius 3 is 2.69 bits per heavy atom. The summed E-state index contributed by atoms with van der Waals surface area (Å²) < 4.78 is 1.88. The van der Waals surface area contributed by atoms with E-state index in [9.17, 15) is 0 Å². The number of thiophene rings is 1. The molecule has 1 unspecified atom stereocenters. The molecule has 0 amide bonds. The van der Waals surface area contributed by atoms with Crippen LogP contribution in [0.1, 0.15) is 22.4 Å². The number of benzene rings is 1. The summed E-state index contributed by atoms with van der Waals surface area (Å²) in [6.07, 6.45) is 2.96. The van der Waals surface area contributed by atoms with Gasteiger partial charge in [0.15, 0.2) is 5.96 Å². The van der Waals surface area contributed by atoms with Crippen molar-refractivity contribution in [3.8, 4) is 5.69 Å². The lowest BCUT2D eigenvalue weighted by Crippen LogP contribution is -2.42. The summed E-state index contributed by atoms with van der Waals surface area (Å²) in [4.78, 5) is 7.06. The molecule has 3 rings (SSSR count). The van der Waals surface area contributed by atoms with Crippen LogP contribution in [0, 0.1) is 6.92 Å². The first-order valence-corrected chi connectivity index (χ1v) is 9.58. The van der Waals surface area contributed by atoms with Gasteiger partial charge in [0.2, 0.25) is 0 Å². The normalized spacial score (nSPS) is 12.8. The Kier molecular flexibility index (Phi) is 6.07. The molecule has 1 atom stereocenters. The standard InChI is InChI=1S/C20H25N5S/c1-15(13-19-10-9-16(2)26-19)23-20(21-3)22-14-17-11-12-25(24-17)18-7-5-4-6-8-18/h4-12,15H,13-14H2,1-3H3,(H2,21,22,23). The number of nitrogens with one attached hydrogen (secondary N) is 2. The van der Waals surface area contributed by atoms with Crippen molar-refractivity contribution in [1.29, 1.82) is 0 Å². The molecule has 0 radical (unpaired) electrons. The monoisotopic (exact) mass is 367 g/mol. The fraction of sp³-hybridized carbons (Fsp3) is 0.300. The summed E-state index contributed by atoms with van der Waals surface area (Å²) >= 11 is 1.85. The Hall–Kier alpha value is -2.60. The van der Waals surface area contributed by atoms with Crippen molar-refractivity contribution in [2.45, 2.75) is 32.9 Å². The van der Waals surface area contributed by atoms with E-state index >= 15 is 0 Å². The molecule has 26 heavy (non-hydrogen) atoms.